The Morgan fingerprint density at radius 1 is 1.65 bits per heavy atom. The predicted octanol–water partition coefficient (Wildman–Crippen LogP) is 1.80. The zero-order chi connectivity index (χ0) is 13.0. The third-order valence-electron chi connectivity index (χ3n) is 2.09. The summed E-state index contributed by atoms with van der Waals surface area (Å²) in [5.41, 5.74) is 5.83. The second-order valence-corrected chi connectivity index (χ2v) is 4.30. The van der Waals surface area contributed by atoms with Crippen molar-refractivity contribution in [2.45, 2.75) is 19.4 Å². The second-order valence-electron chi connectivity index (χ2n) is 3.22. The number of ether oxygens (including phenoxy) is 1. The molecule has 0 saturated heterocycles. The van der Waals surface area contributed by atoms with Crippen molar-refractivity contribution in [2.24, 2.45) is 5.73 Å². The number of carbonyl (C=O) groups excluding carboxylic acids is 1. The van der Waals surface area contributed by atoms with Gasteiger partial charge in [-0.3, -0.25) is 9.78 Å². The predicted molar refractivity (Wildman–Crippen MR) is 65.5 cm³/mol. The molecule has 0 radical (unpaired) electrons. The van der Waals surface area contributed by atoms with Crippen LogP contribution in [0, 0.1) is 3.57 Å². The van der Waals surface area contributed by atoms with E-state index in [2.05, 4.69) is 9.72 Å². The van der Waals surface area contributed by atoms with E-state index in [1.165, 1.54) is 13.2 Å². The quantitative estimate of drug-likeness (QED) is 0.660. The van der Waals surface area contributed by atoms with Crippen LogP contribution < -0.4 is 5.73 Å². The standard InChI is InChI=1S/C10H11F2IN2O2/c1-17-8(16)3-7-9(13)6(10(11)12)2-5(4-14)15-7/h2,10H,3-4,14H2,1H3. The van der Waals surface area contributed by atoms with E-state index < -0.39 is 12.4 Å². The van der Waals surface area contributed by atoms with Gasteiger partial charge in [0.25, 0.3) is 6.43 Å². The molecule has 2 N–H and O–H groups in total. The van der Waals surface area contributed by atoms with Crippen LogP contribution in [0.5, 0.6) is 0 Å². The Kier molecular flexibility index (Phi) is 5.19. The molecular formula is C10H11F2IN2O2. The molecule has 0 aliphatic carbocycles. The van der Waals surface area contributed by atoms with Gasteiger partial charge in [0, 0.05) is 15.7 Å². The van der Waals surface area contributed by atoms with Gasteiger partial charge in [-0.1, -0.05) is 0 Å². The number of hydrogen-bond donors (Lipinski definition) is 1. The maximum atomic E-state index is 12.8. The van der Waals surface area contributed by atoms with E-state index in [1.807, 2.05) is 0 Å². The number of nitrogens with two attached hydrogens (primary N) is 1. The molecule has 7 heteroatoms. The van der Waals surface area contributed by atoms with Crippen molar-refractivity contribution in [3.05, 3.63) is 26.6 Å². The first-order chi connectivity index (χ1) is 7.99. The number of nitrogens with zero attached hydrogens (tertiary/aromatic N) is 1. The van der Waals surface area contributed by atoms with Crippen molar-refractivity contribution in [2.75, 3.05) is 7.11 Å². The van der Waals surface area contributed by atoms with E-state index in [-0.39, 0.29) is 27.8 Å². The molecular weight excluding hydrogens is 345 g/mol. The van der Waals surface area contributed by atoms with E-state index in [0.717, 1.165) is 0 Å². The molecule has 0 aliphatic heterocycles. The molecule has 1 rings (SSSR count). The van der Waals surface area contributed by atoms with Crippen molar-refractivity contribution in [1.82, 2.24) is 4.98 Å². The molecule has 0 fully saturated rings. The minimum absolute atomic E-state index is 0.0464. The SMILES string of the molecule is COC(=O)Cc1nc(CN)cc(C(F)F)c1I. The van der Waals surface area contributed by atoms with Gasteiger partial charge in [-0.25, -0.2) is 8.78 Å². The second kappa shape index (κ2) is 6.20. The fourth-order valence-corrected chi connectivity index (χ4v) is 1.96. The molecule has 0 aliphatic rings. The first-order valence-electron chi connectivity index (χ1n) is 4.72. The van der Waals surface area contributed by atoms with Crippen LogP contribution in [0.3, 0.4) is 0 Å². The molecule has 0 spiro atoms. The third-order valence-corrected chi connectivity index (χ3v) is 3.34. The highest BCUT2D eigenvalue weighted by atomic mass is 127. The number of alkyl halides is 2. The van der Waals surface area contributed by atoms with Crippen LogP contribution in [0.15, 0.2) is 6.07 Å². The molecule has 0 atom stereocenters. The summed E-state index contributed by atoms with van der Waals surface area (Å²) < 4.78 is 30.3. The highest BCUT2D eigenvalue weighted by Gasteiger charge is 2.19. The third kappa shape index (κ3) is 3.56. The molecule has 17 heavy (non-hydrogen) atoms. The van der Waals surface area contributed by atoms with Gasteiger partial charge >= 0.3 is 5.97 Å². The van der Waals surface area contributed by atoms with Gasteiger partial charge in [0.15, 0.2) is 0 Å². The van der Waals surface area contributed by atoms with Gasteiger partial charge in [0.1, 0.15) is 0 Å². The Balaban J connectivity index is 3.19. The Morgan fingerprint density at radius 3 is 2.76 bits per heavy atom. The zero-order valence-electron chi connectivity index (χ0n) is 9.04. The number of hydrogen-bond acceptors (Lipinski definition) is 4. The fraction of sp³-hybridized carbons (Fsp3) is 0.400. The largest absolute Gasteiger partial charge is 0.469 e. The van der Waals surface area contributed by atoms with Crippen molar-refractivity contribution >= 4 is 28.6 Å². The Hall–Kier alpha value is -0.830. The maximum Gasteiger partial charge on any atom is 0.311 e. The van der Waals surface area contributed by atoms with Crippen molar-refractivity contribution in [3.8, 4) is 0 Å². The topological polar surface area (TPSA) is 65.2 Å². The zero-order valence-corrected chi connectivity index (χ0v) is 11.2. The highest BCUT2D eigenvalue weighted by Crippen LogP contribution is 2.27. The first kappa shape index (κ1) is 14.2. The normalized spacial score (nSPS) is 10.7. The summed E-state index contributed by atoms with van der Waals surface area (Å²) in [6, 6.07) is 1.26. The average molecular weight is 356 g/mol. The summed E-state index contributed by atoms with van der Waals surface area (Å²) in [7, 11) is 1.23. The molecule has 0 unspecified atom stereocenters. The van der Waals surface area contributed by atoms with Crippen LogP contribution in [-0.4, -0.2) is 18.1 Å². The number of halogens is 3. The summed E-state index contributed by atoms with van der Waals surface area (Å²) in [5.74, 6) is -0.523. The van der Waals surface area contributed by atoms with Crippen LogP contribution >= 0.6 is 22.6 Å². The smallest absolute Gasteiger partial charge is 0.311 e. The lowest BCUT2D eigenvalue weighted by Gasteiger charge is -2.10. The van der Waals surface area contributed by atoms with E-state index in [4.69, 9.17) is 5.73 Å². The van der Waals surface area contributed by atoms with E-state index in [1.54, 1.807) is 22.6 Å². The van der Waals surface area contributed by atoms with E-state index >= 15 is 0 Å². The summed E-state index contributed by atoms with van der Waals surface area (Å²) >= 11 is 1.75. The van der Waals surface area contributed by atoms with Gasteiger partial charge in [-0.2, -0.15) is 0 Å². The number of aromatic nitrogens is 1. The fourth-order valence-electron chi connectivity index (χ4n) is 1.25. The summed E-state index contributed by atoms with van der Waals surface area (Å²) in [6.45, 7) is 0.0464. The lowest BCUT2D eigenvalue weighted by Crippen LogP contribution is -2.12. The van der Waals surface area contributed by atoms with Gasteiger partial charge in [0.05, 0.1) is 24.9 Å². The summed E-state index contributed by atoms with van der Waals surface area (Å²) in [5, 5.41) is 0. The van der Waals surface area contributed by atoms with Crippen LogP contribution in [0.1, 0.15) is 23.4 Å². The van der Waals surface area contributed by atoms with Gasteiger partial charge in [-0.05, 0) is 28.7 Å². The Bertz CT molecular complexity index is 427. The Morgan fingerprint density at radius 2 is 2.29 bits per heavy atom. The molecule has 1 aromatic rings. The van der Waals surface area contributed by atoms with Crippen molar-refractivity contribution in [1.29, 1.82) is 0 Å². The van der Waals surface area contributed by atoms with E-state index in [9.17, 15) is 13.6 Å². The summed E-state index contributed by atoms with van der Waals surface area (Å²) in [4.78, 5) is 15.2. The minimum atomic E-state index is -2.62. The van der Waals surface area contributed by atoms with Crippen molar-refractivity contribution in [3.63, 3.8) is 0 Å². The number of carbonyl (C=O) groups is 1. The van der Waals surface area contributed by atoms with Crippen LogP contribution in [0.2, 0.25) is 0 Å². The van der Waals surface area contributed by atoms with Crippen LogP contribution in [-0.2, 0) is 22.5 Å². The average Bonchev–Trinajstić information content (AvgIpc) is 2.31. The van der Waals surface area contributed by atoms with Gasteiger partial charge in [-0.15, -0.1) is 0 Å². The number of methoxy groups -OCH3 is 1. The minimum Gasteiger partial charge on any atom is -0.469 e. The van der Waals surface area contributed by atoms with Crippen molar-refractivity contribution < 1.29 is 18.3 Å². The highest BCUT2D eigenvalue weighted by molar-refractivity contribution is 14.1. The number of pyridine rings is 1. The lowest BCUT2D eigenvalue weighted by molar-refractivity contribution is -0.139. The lowest BCUT2D eigenvalue weighted by atomic mass is 10.1. The molecule has 4 nitrogen and oxygen atoms in total. The molecule has 94 valence electrons. The number of rotatable bonds is 4. The van der Waals surface area contributed by atoms with Crippen LogP contribution in [0.25, 0.3) is 0 Å². The van der Waals surface area contributed by atoms with Gasteiger partial charge < -0.3 is 10.5 Å². The maximum absolute atomic E-state index is 12.8. The first-order valence-corrected chi connectivity index (χ1v) is 5.80. The summed E-state index contributed by atoms with van der Waals surface area (Å²) in [6.07, 6.45) is -2.76. The van der Waals surface area contributed by atoms with E-state index in [0.29, 0.717) is 5.69 Å². The monoisotopic (exact) mass is 356 g/mol. The Labute approximate surface area is 111 Å². The van der Waals surface area contributed by atoms with Crippen LogP contribution in [0.4, 0.5) is 8.78 Å². The molecule has 0 amide bonds. The molecule has 0 bridgehead atoms. The molecule has 0 aromatic carbocycles. The molecule has 0 saturated carbocycles. The van der Waals surface area contributed by atoms with Gasteiger partial charge in [0.2, 0.25) is 0 Å². The molecule has 1 aromatic heterocycles. The number of esters is 1. The molecule has 1 heterocycles.